The lowest BCUT2D eigenvalue weighted by atomic mass is 10.0. The van der Waals surface area contributed by atoms with Crippen molar-refractivity contribution in [2.75, 3.05) is 40.0 Å². The number of hydrogen-bond acceptors (Lipinski definition) is 4. The second-order valence-corrected chi connectivity index (χ2v) is 6.66. The summed E-state index contributed by atoms with van der Waals surface area (Å²) >= 11 is 0. The fourth-order valence-electron chi connectivity index (χ4n) is 3.70. The molecule has 0 aromatic heterocycles. The van der Waals surface area contributed by atoms with Crippen LogP contribution in [0.25, 0.3) is 0 Å². The van der Waals surface area contributed by atoms with Crippen LogP contribution in [0.1, 0.15) is 37.3 Å². The van der Waals surface area contributed by atoms with Crippen molar-refractivity contribution in [2.45, 2.75) is 31.7 Å². The molecule has 24 heavy (non-hydrogen) atoms. The van der Waals surface area contributed by atoms with Crippen molar-refractivity contribution in [1.82, 2.24) is 10.2 Å². The molecule has 5 nitrogen and oxygen atoms in total. The molecule has 1 heterocycles. The molecule has 1 aliphatic carbocycles. The predicted molar refractivity (Wildman–Crippen MR) is 93.1 cm³/mol. The van der Waals surface area contributed by atoms with Gasteiger partial charge in [0, 0.05) is 25.6 Å². The molecule has 0 spiro atoms. The molecule has 1 N–H and O–H groups in total. The van der Waals surface area contributed by atoms with Crippen LogP contribution < -0.4 is 10.1 Å². The highest BCUT2D eigenvalue weighted by atomic mass is 16.5. The molecule has 1 saturated carbocycles. The lowest BCUT2D eigenvalue weighted by Gasteiger charge is -2.35. The van der Waals surface area contributed by atoms with Crippen molar-refractivity contribution < 1.29 is 14.3 Å². The Kier molecular flexibility index (Phi) is 6.10. The van der Waals surface area contributed by atoms with Crippen LogP contribution in [0.3, 0.4) is 0 Å². The minimum absolute atomic E-state index is 0.185. The SMILES string of the molecule is COc1ccc([C@H](CNC(=O)C2CCCC2)N2CCOCC2)cc1. The molecule has 2 aliphatic rings. The predicted octanol–water partition coefficient (Wildman–Crippen LogP) is 2.37. The zero-order chi connectivity index (χ0) is 16.8. The van der Waals surface area contributed by atoms with Crippen molar-refractivity contribution in [3.63, 3.8) is 0 Å². The number of carbonyl (C=O) groups excluding carboxylic acids is 1. The summed E-state index contributed by atoms with van der Waals surface area (Å²) in [7, 11) is 1.68. The lowest BCUT2D eigenvalue weighted by Crippen LogP contribution is -2.44. The van der Waals surface area contributed by atoms with Crippen molar-refractivity contribution in [2.24, 2.45) is 5.92 Å². The fraction of sp³-hybridized carbons (Fsp3) is 0.632. The molecule has 0 bridgehead atoms. The maximum Gasteiger partial charge on any atom is 0.223 e. The largest absolute Gasteiger partial charge is 0.497 e. The summed E-state index contributed by atoms with van der Waals surface area (Å²) in [4.78, 5) is 14.8. The van der Waals surface area contributed by atoms with Crippen LogP contribution in [0, 0.1) is 5.92 Å². The van der Waals surface area contributed by atoms with E-state index in [1.807, 2.05) is 12.1 Å². The first-order chi connectivity index (χ1) is 11.8. The normalized spacial score (nSPS) is 20.7. The van der Waals surface area contributed by atoms with E-state index in [1.165, 1.54) is 18.4 Å². The van der Waals surface area contributed by atoms with Gasteiger partial charge in [0.2, 0.25) is 5.91 Å². The van der Waals surface area contributed by atoms with Crippen LogP contribution in [0.5, 0.6) is 5.75 Å². The highest BCUT2D eigenvalue weighted by Crippen LogP contribution is 2.26. The number of nitrogens with zero attached hydrogens (tertiary/aromatic N) is 1. The Bertz CT molecular complexity index is 520. The maximum atomic E-state index is 12.4. The first kappa shape index (κ1) is 17.2. The Labute approximate surface area is 144 Å². The first-order valence-electron chi connectivity index (χ1n) is 9.01. The molecule has 0 radical (unpaired) electrons. The van der Waals surface area contributed by atoms with E-state index in [9.17, 15) is 4.79 Å². The summed E-state index contributed by atoms with van der Waals surface area (Å²) in [6.07, 6.45) is 4.44. The Hall–Kier alpha value is -1.59. The van der Waals surface area contributed by atoms with Gasteiger partial charge in [-0.05, 0) is 30.5 Å². The van der Waals surface area contributed by atoms with E-state index >= 15 is 0 Å². The van der Waals surface area contributed by atoms with E-state index in [0.29, 0.717) is 6.54 Å². The first-order valence-corrected chi connectivity index (χ1v) is 9.01. The van der Waals surface area contributed by atoms with E-state index in [4.69, 9.17) is 9.47 Å². The fourth-order valence-corrected chi connectivity index (χ4v) is 3.70. The molecular formula is C19H28N2O3. The highest BCUT2D eigenvalue weighted by molar-refractivity contribution is 5.78. The smallest absolute Gasteiger partial charge is 0.223 e. The van der Waals surface area contributed by atoms with Gasteiger partial charge in [-0.25, -0.2) is 0 Å². The van der Waals surface area contributed by atoms with Gasteiger partial charge >= 0.3 is 0 Å². The van der Waals surface area contributed by atoms with Crippen LogP contribution in [0.2, 0.25) is 0 Å². The van der Waals surface area contributed by atoms with Crippen molar-refractivity contribution in [3.8, 4) is 5.75 Å². The minimum atomic E-state index is 0.185. The summed E-state index contributed by atoms with van der Waals surface area (Å²) in [6.45, 7) is 3.96. The van der Waals surface area contributed by atoms with Crippen molar-refractivity contribution in [3.05, 3.63) is 29.8 Å². The molecule has 1 amide bonds. The molecule has 1 atom stereocenters. The molecule has 132 valence electrons. The number of rotatable bonds is 6. The Morgan fingerprint density at radius 1 is 1.25 bits per heavy atom. The highest BCUT2D eigenvalue weighted by Gasteiger charge is 2.26. The number of amides is 1. The Morgan fingerprint density at radius 3 is 2.54 bits per heavy atom. The number of nitrogens with one attached hydrogen (secondary N) is 1. The number of ether oxygens (including phenoxy) is 2. The van der Waals surface area contributed by atoms with E-state index in [1.54, 1.807) is 7.11 Å². The van der Waals surface area contributed by atoms with Gasteiger partial charge in [-0.2, -0.15) is 0 Å². The molecule has 1 aromatic carbocycles. The topological polar surface area (TPSA) is 50.8 Å². The number of benzene rings is 1. The summed E-state index contributed by atoms with van der Waals surface area (Å²) < 4.78 is 10.7. The van der Waals surface area contributed by atoms with Gasteiger partial charge < -0.3 is 14.8 Å². The maximum absolute atomic E-state index is 12.4. The monoisotopic (exact) mass is 332 g/mol. The minimum Gasteiger partial charge on any atom is -0.497 e. The number of methoxy groups -OCH3 is 1. The molecule has 1 aromatic rings. The quantitative estimate of drug-likeness (QED) is 0.869. The van der Waals surface area contributed by atoms with E-state index in [-0.39, 0.29) is 17.9 Å². The zero-order valence-electron chi connectivity index (χ0n) is 14.5. The lowest BCUT2D eigenvalue weighted by molar-refractivity contribution is -0.125. The molecule has 2 fully saturated rings. The molecule has 1 aliphatic heterocycles. The number of hydrogen-bond donors (Lipinski definition) is 1. The van der Waals surface area contributed by atoms with Gasteiger partial charge in [-0.1, -0.05) is 25.0 Å². The molecular weight excluding hydrogens is 304 g/mol. The standard InChI is InChI=1S/C19H28N2O3/c1-23-17-8-6-15(7-9-17)18(21-10-12-24-13-11-21)14-20-19(22)16-4-2-3-5-16/h6-9,16,18H,2-5,10-14H2,1H3,(H,20,22)/t18-/m0/s1. The van der Waals surface area contributed by atoms with Gasteiger partial charge in [0.05, 0.1) is 26.4 Å². The average Bonchev–Trinajstić information content (AvgIpc) is 3.18. The number of morpholine rings is 1. The number of carbonyl (C=O) groups is 1. The van der Waals surface area contributed by atoms with Gasteiger partial charge in [-0.3, -0.25) is 9.69 Å². The third-order valence-electron chi connectivity index (χ3n) is 5.18. The van der Waals surface area contributed by atoms with Gasteiger partial charge in [0.1, 0.15) is 5.75 Å². The van der Waals surface area contributed by atoms with Gasteiger partial charge in [-0.15, -0.1) is 0 Å². The van der Waals surface area contributed by atoms with Crippen LogP contribution in [0.15, 0.2) is 24.3 Å². The molecule has 1 saturated heterocycles. The summed E-state index contributed by atoms with van der Waals surface area (Å²) in [5.74, 6) is 1.29. The third kappa shape index (κ3) is 4.28. The molecule has 5 heteroatoms. The van der Waals surface area contributed by atoms with Crippen LogP contribution in [-0.2, 0) is 9.53 Å². The second kappa shape index (κ2) is 8.49. The third-order valence-corrected chi connectivity index (χ3v) is 5.18. The summed E-state index contributed by atoms with van der Waals surface area (Å²) in [5.41, 5.74) is 1.21. The van der Waals surface area contributed by atoms with Gasteiger partial charge in [0.25, 0.3) is 0 Å². The van der Waals surface area contributed by atoms with E-state index in [0.717, 1.165) is 44.9 Å². The van der Waals surface area contributed by atoms with E-state index in [2.05, 4.69) is 22.3 Å². The van der Waals surface area contributed by atoms with Crippen molar-refractivity contribution in [1.29, 1.82) is 0 Å². The van der Waals surface area contributed by atoms with Crippen molar-refractivity contribution >= 4 is 5.91 Å². The molecule has 0 unspecified atom stereocenters. The second-order valence-electron chi connectivity index (χ2n) is 6.66. The summed E-state index contributed by atoms with van der Waals surface area (Å²) in [5, 5.41) is 3.20. The van der Waals surface area contributed by atoms with Crippen LogP contribution in [0.4, 0.5) is 0 Å². The van der Waals surface area contributed by atoms with E-state index < -0.39 is 0 Å². The zero-order valence-corrected chi connectivity index (χ0v) is 14.5. The van der Waals surface area contributed by atoms with Crippen LogP contribution in [-0.4, -0.2) is 50.8 Å². The Balaban J connectivity index is 1.67. The molecule has 3 rings (SSSR count). The summed E-state index contributed by atoms with van der Waals surface area (Å²) in [6, 6.07) is 8.36. The Morgan fingerprint density at radius 2 is 1.92 bits per heavy atom. The average molecular weight is 332 g/mol. The van der Waals surface area contributed by atoms with Crippen LogP contribution >= 0.6 is 0 Å². The van der Waals surface area contributed by atoms with Gasteiger partial charge in [0.15, 0.2) is 0 Å².